The Morgan fingerprint density at radius 3 is 2.58 bits per heavy atom. The minimum atomic E-state index is -0.917. The first-order chi connectivity index (χ1) is 15.8. The van der Waals surface area contributed by atoms with Gasteiger partial charge in [0.2, 0.25) is 0 Å². The lowest BCUT2D eigenvalue weighted by atomic mass is 9.95. The number of nitrogens with zero attached hydrogens (tertiary/aromatic N) is 1. The van der Waals surface area contributed by atoms with E-state index in [9.17, 15) is 14.0 Å². The fourth-order valence-electron chi connectivity index (χ4n) is 3.97. The molecule has 0 fully saturated rings. The summed E-state index contributed by atoms with van der Waals surface area (Å²) < 4.78 is 20.7. The van der Waals surface area contributed by atoms with Gasteiger partial charge in [0.05, 0.1) is 13.2 Å². The third kappa shape index (κ3) is 6.55. The maximum absolute atomic E-state index is 13.2. The van der Waals surface area contributed by atoms with Gasteiger partial charge >= 0.3 is 5.97 Å². The molecule has 1 atom stereocenters. The number of hydrogen-bond donors (Lipinski definition) is 2. The van der Waals surface area contributed by atoms with Crippen molar-refractivity contribution in [3.63, 3.8) is 0 Å². The molecule has 176 valence electrons. The predicted molar refractivity (Wildman–Crippen MR) is 128 cm³/mol. The van der Waals surface area contributed by atoms with E-state index in [0.717, 1.165) is 22.3 Å². The number of benzene rings is 2. The summed E-state index contributed by atoms with van der Waals surface area (Å²) in [5, 5.41) is 13.5. The number of ether oxygens (including phenoxy) is 1. The number of aryl methyl sites for hydroxylation is 1. The summed E-state index contributed by atoms with van der Waals surface area (Å²) in [4.78, 5) is 24.2. The number of Topliss-reactive ketones (excluding diaryl/α,β-unsaturated/α-hetero) is 1. The normalized spacial score (nSPS) is 12.1. The molecule has 0 aliphatic heterocycles. The van der Waals surface area contributed by atoms with Crippen molar-refractivity contribution in [3.8, 4) is 0 Å². The largest absolute Gasteiger partial charge is 0.481 e. The van der Waals surface area contributed by atoms with E-state index in [1.54, 1.807) is 31.2 Å². The van der Waals surface area contributed by atoms with E-state index < -0.39 is 5.97 Å². The molecule has 0 saturated heterocycles. The number of carboxylic acid groups (broad SMARTS) is 1. The standard InChI is InChI=1S/C25H28ClFN2O4/c1-16(14-24(31)32)13-23(30)25-20-15-17(26)3-8-21(20)29(2)22(25)9-11-33-12-10-28-19-6-4-18(27)5-7-19/h3-8,15-16,28H,9-14H2,1-2H3,(H,31,32). The zero-order chi connectivity index (χ0) is 24.0. The molecule has 33 heavy (non-hydrogen) atoms. The fraction of sp³-hybridized carbons (Fsp3) is 0.360. The molecule has 1 heterocycles. The fourth-order valence-corrected chi connectivity index (χ4v) is 4.14. The first-order valence-electron chi connectivity index (χ1n) is 10.8. The molecular formula is C25H28ClFN2O4. The molecule has 8 heteroatoms. The number of carbonyl (C=O) groups is 2. The van der Waals surface area contributed by atoms with E-state index in [1.807, 2.05) is 17.7 Å². The second kappa shape index (κ2) is 11.3. The number of anilines is 1. The Morgan fingerprint density at radius 2 is 1.88 bits per heavy atom. The Morgan fingerprint density at radius 1 is 1.15 bits per heavy atom. The Bertz CT molecular complexity index is 1130. The molecule has 0 radical (unpaired) electrons. The van der Waals surface area contributed by atoms with Crippen molar-refractivity contribution in [1.82, 2.24) is 4.57 Å². The molecule has 0 spiro atoms. The van der Waals surface area contributed by atoms with Crippen molar-refractivity contribution < 1.29 is 23.8 Å². The Hall–Kier alpha value is -2.90. The number of aliphatic carboxylic acids is 1. The SMILES string of the molecule is CC(CC(=O)O)CC(=O)c1c(CCOCCNc2ccc(F)cc2)n(C)c2ccc(Cl)cc12. The summed E-state index contributed by atoms with van der Waals surface area (Å²) in [5.74, 6) is -1.56. The number of ketones is 1. The smallest absolute Gasteiger partial charge is 0.303 e. The van der Waals surface area contributed by atoms with Crippen molar-refractivity contribution >= 4 is 39.9 Å². The maximum atomic E-state index is 13.2. The highest BCUT2D eigenvalue weighted by Gasteiger charge is 2.23. The second-order valence-electron chi connectivity index (χ2n) is 8.17. The molecule has 3 aromatic rings. The molecule has 2 aromatic carbocycles. The van der Waals surface area contributed by atoms with E-state index >= 15 is 0 Å². The van der Waals surface area contributed by atoms with Crippen LogP contribution in [0.25, 0.3) is 10.9 Å². The summed E-state index contributed by atoms with van der Waals surface area (Å²) in [6.07, 6.45) is 0.609. The number of rotatable bonds is 12. The van der Waals surface area contributed by atoms with Crippen LogP contribution in [-0.4, -0.2) is 41.2 Å². The molecule has 6 nitrogen and oxygen atoms in total. The van der Waals surface area contributed by atoms with Gasteiger partial charge in [0.25, 0.3) is 0 Å². The van der Waals surface area contributed by atoms with Crippen molar-refractivity contribution in [2.24, 2.45) is 13.0 Å². The van der Waals surface area contributed by atoms with Gasteiger partial charge in [-0.15, -0.1) is 0 Å². The van der Waals surface area contributed by atoms with Gasteiger partial charge in [-0.3, -0.25) is 9.59 Å². The summed E-state index contributed by atoms with van der Waals surface area (Å²) in [5.41, 5.74) is 3.13. The van der Waals surface area contributed by atoms with Crippen LogP contribution in [0.1, 0.15) is 35.8 Å². The lowest BCUT2D eigenvalue weighted by molar-refractivity contribution is -0.137. The van der Waals surface area contributed by atoms with E-state index in [2.05, 4.69) is 5.32 Å². The van der Waals surface area contributed by atoms with Crippen LogP contribution in [0.2, 0.25) is 5.02 Å². The number of aromatic nitrogens is 1. The van der Waals surface area contributed by atoms with Crippen LogP contribution in [0.3, 0.4) is 0 Å². The molecule has 1 aromatic heterocycles. The third-order valence-corrected chi connectivity index (χ3v) is 5.76. The zero-order valence-electron chi connectivity index (χ0n) is 18.7. The lowest BCUT2D eigenvalue weighted by Gasteiger charge is -2.11. The quantitative estimate of drug-likeness (QED) is 0.274. The first kappa shape index (κ1) is 24.7. The van der Waals surface area contributed by atoms with Crippen molar-refractivity contribution in [2.45, 2.75) is 26.2 Å². The van der Waals surface area contributed by atoms with E-state index in [-0.39, 0.29) is 30.4 Å². The van der Waals surface area contributed by atoms with Crippen LogP contribution in [-0.2, 0) is 23.0 Å². The maximum Gasteiger partial charge on any atom is 0.303 e. The third-order valence-electron chi connectivity index (χ3n) is 5.52. The Labute approximate surface area is 197 Å². The van der Waals surface area contributed by atoms with Crippen LogP contribution in [0.15, 0.2) is 42.5 Å². The average molecular weight is 475 g/mol. The van der Waals surface area contributed by atoms with Gasteiger partial charge in [0.15, 0.2) is 5.78 Å². The van der Waals surface area contributed by atoms with Crippen LogP contribution in [0.5, 0.6) is 0 Å². The van der Waals surface area contributed by atoms with Crippen LogP contribution in [0.4, 0.5) is 10.1 Å². The molecule has 0 aliphatic carbocycles. The molecule has 0 aliphatic rings. The van der Waals surface area contributed by atoms with E-state index in [4.69, 9.17) is 21.4 Å². The van der Waals surface area contributed by atoms with Gasteiger partial charge in [-0.1, -0.05) is 18.5 Å². The number of hydrogen-bond acceptors (Lipinski definition) is 4. The monoisotopic (exact) mass is 474 g/mol. The molecule has 0 saturated carbocycles. The summed E-state index contributed by atoms with van der Waals surface area (Å²) in [6, 6.07) is 11.6. The lowest BCUT2D eigenvalue weighted by Crippen LogP contribution is -2.15. The van der Waals surface area contributed by atoms with Crippen molar-refractivity contribution in [1.29, 1.82) is 0 Å². The van der Waals surface area contributed by atoms with Crippen molar-refractivity contribution in [2.75, 3.05) is 25.1 Å². The zero-order valence-corrected chi connectivity index (χ0v) is 19.5. The van der Waals surface area contributed by atoms with Crippen LogP contribution >= 0.6 is 11.6 Å². The Kier molecular flexibility index (Phi) is 8.47. The van der Waals surface area contributed by atoms with Gasteiger partial charge < -0.3 is 19.7 Å². The Balaban J connectivity index is 1.67. The molecule has 0 amide bonds. The summed E-state index contributed by atoms with van der Waals surface area (Å²) in [6.45, 7) is 3.19. The highest BCUT2D eigenvalue weighted by molar-refractivity contribution is 6.31. The molecule has 2 N–H and O–H groups in total. The van der Waals surface area contributed by atoms with Gasteiger partial charge in [0.1, 0.15) is 5.82 Å². The topological polar surface area (TPSA) is 80.6 Å². The number of carboxylic acids is 1. The van der Waals surface area contributed by atoms with Gasteiger partial charge in [0, 0.05) is 65.7 Å². The minimum Gasteiger partial charge on any atom is -0.481 e. The van der Waals surface area contributed by atoms with Crippen LogP contribution in [0, 0.1) is 11.7 Å². The summed E-state index contributed by atoms with van der Waals surface area (Å²) >= 11 is 6.20. The highest BCUT2D eigenvalue weighted by Crippen LogP contribution is 2.30. The number of nitrogens with one attached hydrogen (secondary N) is 1. The van der Waals surface area contributed by atoms with E-state index in [1.165, 1.54) is 12.1 Å². The molecule has 0 bridgehead atoms. The molecular weight excluding hydrogens is 447 g/mol. The highest BCUT2D eigenvalue weighted by atomic mass is 35.5. The molecule has 3 rings (SSSR count). The van der Waals surface area contributed by atoms with Gasteiger partial charge in [-0.05, 0) is 48.4 Å². The predicted octanol–water partition coefficient (Wildman–Crippen LogP) is 5.33. The number of fused-ring (bicyclic) bond motifs is 1. The number of carbonyl (C=O) groups excluding carboxylic acids is 1. The number of halogens is 2. The van der Waals surface area contributed by atoms with Crippen LogP contribution < -0.4 is 5.32 Å². The van der Waals surface area contributed by atoms with E-state index in [0.29, 0.717) is 36.8 Å². The average Bonchev–Trinajstić information content (AvgIpc) is 3.02. The first-order valence-corrected chi connectivity index (χ1v) is 11.2. The minimum absolute atomic E-state index is 0.0588. The van der Waals surface area contributed by atoms with Gasteiger partial charge in [-0.25, -0.2) is 4.39 Å². The summed E-state index contributed by atoms with van der Waals surface area (Å²) in [7, 11) is 1.90. The van der Waals surface area contributed by atoms with Gasteiger partial charge in [-0.2, -0.15) is 0 Å². The second-order valence-corrected chi connectivity index (χ2v) is 8.60. The molecule has 1 unspecified atom stereocenters. The van der Waals surface area contributed by atoms with Crippen molar-refractivity contribution in [3.05, 3.63) is 64.6 Å².